The first-order valence-corrected chi connectivity index (χ1v) is 18.1. The number of esters is 2. The molecule has 0 radical (unpaired) electrons. The third-order valence-electron chi connectivity index (χ3n) is 9.45. The molecule has 2 aromatic heterocycles. The molecule has 0 saturated carbocycles. The molecule has 2 heterocycles. The number of ether oxygens (including phenoxy) is 2. The summed E-state index contributed by atoms with van der Waals surface area (Å²) in [6.45, 7) is 3.32. The van der Waals surface area contributed by atoms with Gasteiger partial charge in [-0.1, -0.05) is 62.4 Å². The number of nitrogens with one attached hydrogen (secondary N) is 2. The zero-order chi connectivity index (χ0) is 40.4. The van der Waals surface area contributed by atoms with E-state index in [4.69, 9.17) is 5.73 Å². The summed E-state index contributed by atoms with van der Waals surface area (Å²) < 4.78 is 9.34. The van der Waals surface area contributed by atoms with Crippen molar-refractivity contribution in [2.45, 2.75) is 52.4 Å². The van der Waals surface area contributed by atoms with Crippen molar-refractivity contribution in [2.24, 2.45) is 11.8 Å². The third-order valence-corrected chi connectivity index (χ3v) is 9.45. The number of carbonyl (C=O) groups is 4. The van der Waals surface area contributed by atoms with Crippen molar-refractivity contribution in [2.75, 3.05) is 20.0 Å². The molecule has 290 valence electrons. The number of hydrogen-bond acceptors (Lipinski definition) is 11. The number of fused-ring (bicyclic) bond motifs is 2. The van der Waals surface area contributed by atoms with Crippen molar-refractivity contribution < 1.29 is 33.6 Å². The number of nitrogens with zero attached hydrogens (tertiary/aromatic N) is 3. The number of non-ortho nitro benzene ring substituents is 1. The predicted octanol–water partition coefficient (Wildman–Crippen LogP) is 6.95. The molecule has 6 rings (SSSR count). The molecule has 14 nitrogen and oxygen atoms in total. The topological polar surface area (TPSA) is 213 Å². The number of nitrogens with two attached hydrogens (primary N) is 1. The maximum atomic E-state index is 12.5. The van der Waals surface area contributed by atoms with Crippen LogP contribution in [0.15, 0.2) is 84.9 Å². The summed E-state index contributed by atoms with van der Waals surface area (Å²) in [7, 11) is 2.61. The number of carbonyl (C=O) groups excluding carboxylic acids is 4. The number of H-pyrrole nitrogens is 2. The lowest BCUT2D eigenvalue weighted by molar-refractivity contribution is -0.384. The quantitative estimate of drug-likeness (QED) is 0.0320. The molecule has 0 aliphatic heterocycles. The number of anilines is 1. The maximum Gasteiger partial charge on any atom is 0.308 e. The lowest BCUT2D eigenvalue weighted by Crippen LogP contribution is -2.17. The van der Waals surface area contributed by atoms with Gasteiger partial charge >= 0.3 is 11.9 Å². The number of aromatic amines is 2. The number of ketones is 2. The van der Waals surface area contributed by atoms with Crippen molar-refractivity contribution in [1.29, 1.82) is 0 Å². The Kier molecular flexibility index (Phi) is 13.4. The first-order valence-electron chi connectivity index (χ1n) is 18.1. The number of nitro benzene ring substituents is 1. The molecule has 6 aromatic rings. The van der Waals surface area contributed by atoms with Crippen LogP contribution >= 0.6 is 0 Å². The molecule has 4 N–H and O–H groups in total. The Bertz CT molecular complexity index is 2380. The molecular weight excluding hydrogens is 716 g/mol. The fourth-order valence-corrected chi connectivity index (χ4v) is 6.34. The van der Waals surface area contributed by atoms with Crippen molar-refractivity contribution >= 4 is 56.7 Å². The van der Waals surface area contributed by atoms with Crippen molar-refractivity contribution in [3.05, 3.63) is 129 Å². The lowest BCUT2D eigenvalue weighted by Gasteiger charge is -2.07. The van der Waals surface area contributed by atoms with E-state index in [1.807, 2.05) is 60.7 Å². The van der Waals surface area contributed by atoms with Gasteiger partial charge in [0.15, 0.2) is 11.6 Å². The first-order chi connectivity index (χ1) is 26.9. The van der Waals surface area contributed by atoms with Crippen LogP contribution in [0.4, 0.5) is 11.4 Å². The largest absolute Gasteiger partial charge is 0.469 e. The van der Waals surface area contributed by atoms with Gasteiger partial charge in [0.2, 0.25) is 0 Å². The molecule has 0 aliphatic carbocycles. The second-order valence-electron chi connectivity index (χ2n) is 13.7. The van der Waals surface area contributed by atoms with Crippen molar-refractivity contribution in [3.8, 4) is 0 Å². The number of hydrogen-bond donors (Lipinski definition) is 3. The minimum Gasteiger partial charge on any atom is -0.469 e. The fourth-order valence-electron chi connectivity index (χ4n) is 6.34. The van der Waals surface area contributed by atoms with Gasteiger partial charge in [0.25, 0.3) is 5.69 Å². The molecular formula is C42H44N6O8. The lowest BCUT2D eigenvalue weighted by atomic mass is 9.99. The second kappa shape index (κ2) is 18.6. The molecule has 0 amide bonds. The summed E-state index contributed by atoms with van der Waals surface area (Å²) in [5.74, 6) is -2.25. The number of benzene rings is 4. The smallest absolute Gasteiger partial charge is 0.308 e. The Balaban J connectivity index is 0.000000215. The monoisotopic (exact) mass is 760 g/mol. The van der Waals surface area contributed by atoms with Gasteiger partial charge in [-0.3, -0.25) is 39.5 Å². The minimum absolute atomic E-state index is 0.0289. The van der Waals surface area contributed by atoms with Gasteiger partial charge in [-0.25, -0.2) is 0 Å². The van der Waals surface area contributed by atoms with Crippen LogP contribution in [0.2, 0.25) is 0 Å². The zero-order valence-corrected chi connectivity index (χ0v) is 31.7. The Morgan fingerprint density at radius 3 is 1.52 bits per heavy atom. The molecule has 0 spiro atoms. The van der Waals surface area contributed by atoms with Gasteiger partial charge in [-0.15, -0.1) is 0 Å². The third kappa shape index (κ3) is 10.3. The number of aromatic nitrogens is 4. The van der Waals surface area contributed by atoms with Crippen LogP contribution < -0.4 is 5.73 Å². The van der Waals surface area contributed by atoms with E-state index in [0.29, 0.717) is 29.6 Å². The Labute approximate surface area is 322 Å². The zero-order valence-electron chi connectivity index (χ0n) is 31.7. The number of rotatable bonds is 15. The Morgan fingerprint density at radius 2 is 1.09 bits per heavy atom. The second-order valence-corrected chi connectivity index (χ2v) is 13.7. The van der Waals surface area contributed by atoms with E-state index in [-0.39, 0.29) is 30.1 Å². The van der Waals surface area contributed by atoms with Crippen LogP contribution in [-0.4, -0.2) is 63.0 Å². The number of methoxy groups -OCH3 is 2. The van der Waals surface area contributed by atoms with Gasteiger partial charge in [0.1, 0.15) is 11.4 Å². The summed E-state index contributed by atoms with van der Waals surface area (Å²) in [5, 5.41) is 26.4. The van der Waals surface area contributed by atoms with E-state index in [2.05, 4.69) is 35.9 Å². The van der Waals surface area contributed by atoms with Gasteiger partial charge < -0.3 is 15.2 Å². The van der Waals surface area contributed by atoms with Crippen LogP contribution in [-0.2, 0) is 44.7 Å². The Hall–Kier alpha value is -6.70. The van der Waals surface area contributed by atoms with E-state index >= 15 is 0 Å². The number of aryl methyl sites for hydroxylation is 4. The summed E-state index contributed by atoms with van der Waals surface area (Å²) in [5.41, 5.74) is 13.1. The molecule has 0 unspecified atom stereocenters. The highest BCUT2D eigenvalue weighted by molar-refractivity contribution is 6.07. The van der Waals surface area contributed by atoms with Gasteiger partial charge in [0, 0.05) is 41.4 Å². The normalized spacial score (nSPS) is 12.0. The summed E-state index contributed by atoms with van der Waals surface area (Å²) in [4.78, 5) is 58.5. The molecule has 4 aromatic carbocycles. The van der Waals surface area contributed by atoms with Crippen LogP contribution in [0.5, 0.6) is 0 Å². The highest BCUT2D eigenvalue weighted by Crippen LogP contribution is 2.24. The van der Waals surface area contributed by atoms with E-state index < -0.39 is 28.7 Å². The van der Waals surface area contributed by atoms with Gasteiger partial charge in [-0.05, 0) is 72.2 Å². The van der Waals surface area contributed by atoms with E-state index in [9.17, 15) is 29.3 Å². The molecule has 14 heteroatoms. The van der Waals surface area contributed by atoms with Crippen molar-refractivity contribution in [3.63, 3.8) is 0 Å². The highest BCUT2D eigenvalue weighted by atomic mass is 16.6. The molecule has 2 atom stereocenters. The summed E-state index contributed by atoms with van der Waals surface area (Å²) >= 11 is 0. The van der Waals surface area contributed by atoms with Crippen LogP contribution in [0.25, 0.3) is 21.8 Å². The molecule has 0 bridgehead atoms. The van der Waals surface area contributed by atoms with Crippen LogP contribution in [0, 0.1) is 22.0 Å². The van der Waals surface area contributed by atoms with Crippen LogP contribution in [0.1, 0.15) is 69.9 Å². The molecule has 56 heavy (non-hydrogen) atoms. The standard InChI is InChI=1S/C21H21N3O5.C21H23N3O3/c1-13(21(26)29-2)10-19(25)20-17-9-8-15(12-18(17)22-23-20)7-6-14-4-3-5-16(11-14)24(27)28;1-13(21(26)27-2)10-19(25)20-17-9-8-15(12-18(17)23-24-20)7-6-14-4-3-5-16(22)11-14/h3-5,8-9,11-13H,6-7,10H2,1-2H3,(H,22,23);3-5,8-9,11-13H,6-7,10,22H2,1-2H3,(H,23,24)/t2*13-/m11/s1. The fraction of sp³-hybridized carbons (Fsp3) is 0.286. The van der Waals surface area contributed by atoms with Gasteiger partial charge in [-0.2, -0.15) is 10.2 Å². The average Bonchev–Trinajstić information content (AvgIpc) is 3.83. The number of nitro groups is 1. The average molecular weight is 761 g/mol. The van der Waals surface area contributed by atoms with E-state index in [1.165, 1.54) is 25.8 Å². The Morgan fingerprint density at radius 1 is 0.661 bits per heavy atom. The maximum absolute atomic E-state index is 12.5. The minimum atomic E-state index is -0.534. The first kappa shape index (κ1) is 40.5. The summed E-state index contributed by atoms with van der Waals surface area (Å²) in [6.07, 6.45) is 3.20. The van der Waals surface area contributed by atoms with Crippen LogP contribution in [0.3, 0.4) is 0 Å². The molecule has 0 aliphatic rings. The van der Waals surface area contributed by atoms with Gasteiger partial charge in [0.05, 0.1) is 42.0 Å². The molecule has 0 saturated heterocycles. The number of nitrogen functional groups attached to an aromatic ring is 1. The molecule has 0 fully saturated rings. The SMILES string of the molecule is COC(=O)[C@H](C)CC(=O)c1n[nH]c2cc(CCc3cccc(N)c3)ccc12.COC(=O)[C@H](C)CC(=O)c1n[nH]c2cc(CCc3cccc([N+](=O)[O-])c3)ccc12. The van der Waals surface area contributed by atoms with Crippen molar-refractivity contribution in [1.82, 2.24) is 20.4 Å². The highest BCUT2D eigenvalue weighted by Gasteiger charge is 2.23. The number of Topliss-reactive ketones (excluding diaryl/α,β-unsaturated/α-hetero) is 2. The van der Waals surface area contributed by atoms with E-state index in [0.717, 1.165) is 51.6 Å². The van der Waals surface area contributed by atoms with E-state index in [1.54, 1.807) is 26.0 Å². The summed E-state index contributed by atoms with van der Waals surface area (Å²) in [6, 6.07) is 26.0. The predicted molar refractivity (Wildman–Crippen MR) is 211 cm³/mol.